The maximum Gasteiger partial charge on any atom is 0.142 e. The van der Waals surface area contributed by atoms with Crippen molar-refractivity contribution >= 4 is 40.6 Å². The lowest BCUT2D eigenvalue weighted by Gasteiger charge is -2.04. The summed E-state index contributed by atoms with van der Waals surface area (Å²) >= 11 is 17.6. The number of nitrogens with zero attached hydrogens (tertiary/aromatic N) is 1. The molecule has 0 spiro atoms. The predicted octanol–water partition coefficient (Wildman–Crippen LogP) is 4.29. The number of rotatable bonds is 1. The van der Waals surface area contributed by atoms with Gasteiger partial charge in [-0.15, -0.1) is 0 Å². The van der Waals surface area contributed by atoms with Crippen LogP contribution >= 0.6 is 34.8 Å². The minimum Gasteiger partial charge on any atom is -0.382 e. The first-order valence-corrected chi connectivity index (χ1v) is 5.58. The zero-order valence-corrected chi connectivity index (χ0v) is 10.3. The number of anilines is 1. The highest BCUT2D eigenvalue weighted by Gasteiger charge is 2.05. The Morgan fingerprint density at radius 2 is 1.56 bits per heavy atom. The smallest absolute Gasteiger partial charge is 0.142 e. The van der Waals surface area contributed by atoms with Crippen molar-refractivity contribution in [3.8, 4) is 11.1 Å². The second kappa shape index (κ2) is 4.50. The van der Waals surface area contributed by atoms with E-state index in [9.17, 15) is 0 Å². The standard InChI is InChI=1S/C11H7Cl3N2/c12-8-2-1-6(3-9(8)13)7-4-10(14)11(15)16-5-7/h1-5H,(H2,15,16). The number of nitrogen functional groups attached to an aromatic ring is 1. The summed E-state index contributed by atoms with van der Waals surface area (Å²) in [5.41, 5.74) is 7.27. The van der Waals surface area contributed by atoms with Crippen molar-refractivity contribution in [3.63, 3.8) is 0 Å². The molecule has 1 aromatic heterocycles. The van der Waals surface area contributed by atoms with E-state index in [1.54, 1.807) is 24.4 Å². The molecule has 2 rings (SSSR count). The Balaban J connectivity index is 2.50. The number of benzene rings is 1. The summed E-state index contributed by atoms with van der Waals surface area (Å²) in [6, 6.07) is 7.07. The van der Waals surface area contributed by atoms with Crippen LogP contribution in [0.5, 0.6) is 0 Å². The lowest BCUT2D eigenvalue weighted by atomic mass is 10.1. The Labute approximate surface area is 108 Å². The molecule has 0 saturated heterocycles. The molecule has 82 valence electrons. The largest absolute Gasteiger partial charge is 0.382 e. The van der Waals surface area contributed by atoms with Gasteiger partial charge < -0.3 is 5.73 Å². The van der Waals surface area contributed by atoms with Gasteiger partial charge in [0.25, 0.3) is 0 Å². The highest BCUT2D eigenvalue weighted by Crippen LogP contribution is 2.30. The molecule has 2 nitrogen and oxygen atoms in total. The van der Waals surface area contributed by atoms with Crippen molar-refractivity contribution in [1.82, 2.24) is 4.98 Å². The van der Waals surface area contributed by atoms with Gasteiger partial charge in [0, 0.05) is 11.8 Å². The minimum absolute atomic E-state index is 0.311. The molecular formula is C11H7Cl3N2. The van der Waals surface area contributed by atoms with E-state index in [1.807, 2.05) is 6.07 Å². The Kier molecular flexibility index (Phi) is 3.24. The van der Waals surface area contributed by atoms with Crippen molar-refractivity contribution < 1.29 is 0 Å². The average molecular weight is 274 g/mol. The van der Waals surface area contributed by atoms with E-state index >= 15 is 0 Å². The second-order valence-corrected chi connectivity index (χ2v) is 4.44. The maximum absolute atomic E-state index is 5.92. The van der Waals surface area contributed by atoms with E-state index in [-0.39, 0.29) is 0 Å². The lowest BCUT2D eigenvalue weighted by Crippen LogP contribution is -1.91. The zero-order chi connectivity index (χ0) is 11.7. The van der Waals surface area contributed by atoms with Crippen LogP contribution in [0.1, 0.15) is 0 Å². The third-order valence-corrected chi connectivity index (χ3v) is 3.16. The van der Waals surface area contributed by atoms with E-state index in [4.69, 9.17) is 40.5 Å². The van der Waals surface area contributed by atoms with Crippen LogP contribution in [0.25, 0.3) is 11.1 Å². The van der Waals surface area contributed by atoms with E-state index < -0.39 is 0 Å². The highest BCUT2D eigenvalue weighted by atomic mass is 35.5. The van der Waals surface area contributed by atoms with Gasteiger partial charge >= 0.3 is 0 Å². The van der Waals surface area contributed by atoms with Gasteiger partial charge in [-0.25, -0.2) is 4.98 Å². The fourth-order valence-electron chi connectivity index (χ4n) is 1.28. The number of pyridine rings is 1. The SMILES string of the molecule is Nc1ncc(-c2ccc(Cl)c(Cl)c2)cc1Cl. The number of halogens is 3. The predicted molar refractivity (Wildman–Crippen MR) is 69.1 cm³/mol. The number of hydrogen-bond acceptors (Lipinski definition) is 2. The molecule has 0 atom stereocenters. The first-order valence-electron chi connectivity index (χ1n) is 4.44. The second-order valence-electron chi connectivity index (χ2n) is 3.22. The molecule has 0 amide bonds. The molecule has 0 radical (unpaired) electrons. The van der Waals surface area contributed by atoms with Gasteiger partial charge in [-0.1, -0.05) is 40.9 Å². The van der Waals surface area contributed by atoms with E-state index in [2.05, 4.69) is 4.98 Å². The summed E-state index contributed by atoms with van der Waals surface area (Å²) in [7, 11) is 0. The molecule has 2 N–H and O–H groups in total. The first kappa shape index (κ1) is 11.5. The number of nitrogens with two attached hydrogens (primary N) is 1. The monoisotopic (exact) mass is 272 g/mol. The fourth-order valence-corrected chi connectivity index (χ4v) is 1.75. The van der Waals surface area contributed by atoms with Crippen LogP contribution in [0.15, 0.2) is 30.5 Å². The van der Waals surface area contributed by atoms with Gasteiger partial charge in [-0.2, -0.15) is 0 Å². The fraction of sp³-hybridized carbons (Fsp3) is 0. The van der Waals surface area contributed by atoms with Gasteiger partial charge in [0.05, 0.1) is 15.1 Å². The normalized spacial score (nSPS) is 10.4. The number of aromatic nitrogens is 1. The summed E-state index contributed by atoms with van der Waals surface area (Å²) in [5.74, 6) is 0.311. The summed E-state index contributed by atoms with van der Waals surface area (Å²) in [6.45, 7) is 0. The topological polar surface area (TPSA) is 38.9 Å². The summed E-state index contributed by atoms with van der Waals surface area (Å²) in [4.78, 5) is 3.98. The molecule has 5 heteroatoms. The molecular weight excluding hydrogens is 266 g/mol. The molecule has 16 heavy (non-hydrogen) atoms. The zero-order valence-electron chi connectivity index (χ0n) is 8.05. The quantitative estimate of drug-likeness (QED) is 0.842. The Morgan fingerprint density at radius 3 is 2.19 bits per heavy atom. The molecule has 0 aliphatic rings. The molecule has 0 aliphatic carbocycles. The first-order chi connectivity index (χ1) is 7.58. The van der Waals surface area contributed by atoms with Gasteiger partial charge in [-0.05, 0) is 23.8 Å². The molecule has 0 fully saturated rings. The van der Waals surface area contributed by atoms with Crippen molar-refractivity contribution in [2.45, 2.75) is 0 Å². The third-order valence-electron chi connectivity index (χ3n) is 2.12. The van der Waals surface area contributed by atoms with Gasteiger partial charge in [0.15, 0.2) is 0 Å². The average Bonchev–Trinajstić information content (AvgIpc) is 2.26. The summed E-state index contributed by atoms with van der Waals surface area (Å²) in [5, 5.41) is 1.43. The molecule has 2 aromatic rings. The Hall–Kier alpha value is -0.960. The van der Waals surface area contributed by atoms with Crippen LogP contribution in [-0.2, 0) is 0 Å². The van der Waals surface area contributed by atoms with E-state index in [0.717, 1.165) is 11.1 Å². The van der Waals surface area contributed by atoms with Crippen molar-refractivity contribution in [2.75, 3.05) is 5.73 Å². The van der Waals surface area contributed by atoms with Crippen molar-refractivity contribution in [3.05, 3.63) is 45.5 Å². The molecule has 1 aromatic carbocycles. The lowest BCUT2D eigenvalue weighted by molar-refractivity contribution is 1.34. The summed E-state index contributed by atoms with van der Waals surface area (Å²) in [6.07, 6.45) is 1.64. The molecule has 1 heterocycles. The van der Waals surface area contributed by atoms with E-state index in [1.165, 1.54) is 0 Å². The van der Waals surface area contributed by atoms with Crippen molar-refractivity contribution in [2.24, 2.45) is 0 Å². The van der Waals surface area contributed by atoms with Crippen LogP contribution in [0.4, 0.5) is 5.82 Å². The van der Waals surface area contributed by atoms with Crippen LogP contribution in [0, 0.1) is 0 Å². The Bertz CT molecular complexity index is 491. The van der Waals surface area contributed by atoms with Crippen LogP contribution in [0.2, 0.25) is 15.1 Å². The maximum atomic E-state index is 5.92. The van der Waals surface area contributed by atoms with Crippen LogP contribution < -0.4 is 5.73 Å². The van der Waals surface area contributed by atoms with Crippen LogP contribution in [0.3, 0.4) is 0 Å². The summed E-state index contributed by atoms with van der Waals surface area (Å²) < 4.78 is 0. The number of hydrogen-bond donors (Lipinski definition) is 1. The van der Waals surface area contributed by atoms with Crippen molar-refractivity contribution in [1.29, 1.82) is 0 Å². The van der Waals surface area contributed by atoms with Gasteiger partial charge in [0.2, 0.25) is 0 Å². The Morgan fingerprint density at radius 1 is 0.875 bits per heavy atom. The third kappa shape index (κ3) is 2.24. The van der Waals surface area contributed by atoms with E-state index in [0.29, 0.717) is 20.9 Å². The minimum atomic E-state index is 0.311. The highest BCUT2D eigenvalue weighted by molar-refractivity contribution is 6.42. The van der Waals surface area contributed by atoms with Crippen LogP contribution in [-0.4, -0.2) is 4.98 Å². The molecule has 0 aliphatic heterocycles. The van der Waals surface area contributed by atoms with Gasteiger partial charge in [0.1, 0.15) is 5.82 Å². The molecule has 0 saturated carbocycles. The molecule has 0 bridgehead atoms. The molecule has 0 unspecified atom stereocenters. The van der Waals surface area contributed by atoms with Gasteiger partial charge in [-0.3, -0.25) is 0 Å².